The number of hydrogen-bond acceptors (Lipinski definition) is 2. The first kappa shape index (κ1) is 18.4. The van der Waals surface area contributed by atoms with E-state index in [1.54, 1.807) is 0 Å². The van der Waals surface area contributed by atoms with Crippen LogP contribution in [0.25, 0.3) is 10.9 Å². The normalized spacial score (nSPS) is 16.7. The molecule has 0 atom stereocenters. The lowest BCUT2D eigenvalue weighted by molar-refractivity contribution is 0.206. The second-order valence-electron chi connectivity index (χ2n) is 7.94. The van der Waals surface area contributed by atoms with E-state index in [0.29, 0.717) is 18.1 Å². The van der Waals surface area contributed by atoms with Crippen molar-refractivity contribution in [2.45, 2.75) is 32.2 Å². The first-order valence-electron chi connectivity index (χ1n) is 10.4. The number of anilines is 2. The zero-order chi connectivity index (χ0) is 19.8. The van der Waals surface area contributed by atoms with Gasteiger partial charge in [-0.05, 0) is 43.5 Å². The summed E-state index contributed by atoms with van der Waals surface area (Å²) in [5, 5.41) is 4.93. The molecule has 6 heteroatoms. The van der Waals surface area contributed by atoms with Gasteiger partial charge < -0.3 is 20.1 Å². The van der Waals surface area contributed by atoms with Crippen molar-refractivity contribution in [3.05, 3.63) is 58.7 Å². The number of piperidine rings is 1. The van der Waals surface area contributed by atoms with Crippen LogP contribution in [-0.4, -0.2) is 35.5 Å². The number of benzene rings is 2. The Bertz CT molecular complexity index is 1050. The topological polar surface area (TPSA) is 51.4 Å². The fraction of sp³-hybridized carbons (Fsp3) is 0.348. The molecule has 1 saturated heterocycles. The number of para-hydroxylation sites is 1. The Morgan fingerprint density at radius 2 is 1.86 bits per heavy atom. The molecule has 3 heterocycles. The molecule has 29 heavy (non-hydrogen) atoms. The number of fused-ring (bicyclic) bond motifs is 3. The van der Waals surface area contributed by atoms with Gasteiger partial charge in [0.1, 0.15) is 0 Å². The number of carbonyl (C=O) groups is 1. The number of aromatic nitrogens is 1. The van der Waals surface area contributed by atoms with Crippen molar-refractivity contribution in [1.29, 1.82) is 0 Å². The summed E-state index contributed by atoms with van der Waals surface area (Å²) in [5.74, 6) is 0. The van der Waals surface area contributed by atoms with Gasteiger partial charge in [0.25, 0.3) is 0 Å². The fourth-order valence-corrected chi connectivity index (χ4v) is 4.82. The first-order valence-corrected chi connectivity index (χ1v) is 10.8. The molecule has 5 nitrogen and oxygen atoms in total. The Kier molecular flexibility index (Phi) is 4.84. The van der Waals surface area contributed by atoms with Gasteiger partial charge in [0.2, 0.25) is 0 Å². The lowest BCUT2D eigenvalue weighted by Crippen LogP contribution is -2.38. The van der Waals surface area contributed by atoms with Gasteiger partial charge in [-0.2, -0.15) is 0 Å². The van der Waals surface area contributed by atoms with Crippen LogP contribution in [0.15, 0.2) is 42.5 Å². The Morgan fingerprint density at radius 3 is 2.69 bits per heavy atom. The molecule has 2 N–H and O–H groups in total. The number of nitrogens with one attached hydrogen (secondary N) is 2. The molecule has 3 aromatic rings. The summed E-state index contributed by atoms with van der Waals surface area (Å²) < 4.78 is 0. The van der Waals surface area contributed by atoms with Crippen molar-refractivity contribution in [3.8, 4) is 0 Å². The third-order valence-electron chi connectivity index (χ3n) is 6.07. The smallest absolute Gasteiger partial charge is 0.322 e. The van der Waals surface area contributed by atoms with E-state index in [4.69, 9.17) is 11.6 Å². The number of aromatic amines is 1. The minimum Gasteiger partial charge on any atom is -0.370 e. The average Bonchev–Trinajstić information content (AvgIpc) is 3.12. The summed E-state index contributed by atoms with van der Waals surface area (Å²) >= 11 is 6.54. The summed E-state index contributed by atoms with van der Waals surface area (Å²) in [7, 11) is 0. The van der Waals surface area contributed by atoms with E-state index in [1.165, 1.54) is 35.9 Å². The average molecular weight is 409 g/mol. The number of nitrogens with zero attached hydrogens (tertiary/aromatic N) is 2. The summed E-state index contributed by atoms with van der Waals surface area (Å²) in [6.07, 6.45) is 4.54. The Balaban J connectivity index is 1.30. The molecule has 0 radical (unpaired) electrons. The molecule has 1 fully saturated rings. The highest BCUT2D eigenvalue weighted by molar-refractivity contribution is 6.33. The van der Waals surface area contributed by atoms with Gasteiger partial charge >= 0.3 is 6.03 Å². The highest BCUT2D eigenvalue weighted by atomic mass is 35.5. The number of H-pyrrole nitrogens is 1. The predicted molar refractivity (Wildman–Crippen MR) is 119 cm³/mol. The molecule has 2 amide bonds. The Morgan fingerprint density at radius 1 is 1.03 bits per heavy atom. The van der Waals surface area contributed by atoms with E-state index in [9.17, 15) is 4.79 Å². The molecule has 2 aliphatic rings. The zero-order valence-corrected chi connectivity index (χ0v) is 17.1. The van der Waals surface area contributed by atoms with Crippen LogP contribution in [0.4, 0.5) is 16.2 Å². The third-order valence-corrected chi connectivity index (χ3v) is 6.37. The van der Waals surface area contributed by atoms with Crippen LogP contribution in [-0.2, 0) is 13.0 Å². The molecule has 0 saturated carbocycles. The van der Waals surface area contributed by atoms with Crippen molar-refractivity contribution in [2.75, 3.05) is 29.9 Å². The Hall–Kier alpha value is -2.66. The van der Waals surface area contributed by atoms with Crippen molar-refractivity contribution in [3.63, 3.8) is 0 Å². The van der Waals surface area contributed by atoms with E-state index in [0.717, 1.165) is 36.4 Å². The molecule has 5 rings (SSSR count). The molecular weight excluding hydrogens is 384 g/mol. The SMILES string of the molecule is O=C(Nc1ccc(N2CCCCC2)c(Cl)c1)N1CCc2[nH]c3ccccc3c2C1. The predicted octanol–water partition coefficient (Wildman–Crippen LogP) is 5.40. The van der Waals surface area contributed by atoms with Gasteiger partial charge in [-0.3, -0.25) is 0 Å². The summed E-state index contributed by atoms with van der Waals surface area (Å²) in [5.41, 5.74) is 5.40. The molecule has 2 aliphatic heterocycles. The quantitative estimate of drug-likeness (QED) is 0.596. The highest BCUT2D eigenvalue weighted by Crippen LogP contribution is 2.32. The molecule has 150 valence electrons. The molecule has 0 unspecified atom stereocenters. The molecule has 1 aromatic heterocycles. The van der Waals surface area contributed by atoms with Crippen molar-refractivity contribution >= 4 is 39.9 Å². The van der Waals surface area contributed by atoms with Crippen LogP contribution in [0, 0.1) is 0 Å². The van der Waals surface area contributed by atoms with Crippen molar-refractivity contribution in [2.24, 2.45) is 0 Å². The van der Waals surface area contributed by atoms with Gasteiger partial charge in [-0.1, -0.05) is 29.8 Å². The number of carbonyl (C=O) groups excluding carboxylic acids is 1. The molecule has 0 aliphatic carbocycles. The zero-order valence-electron chi connectivity index (χ0n) is 16.4. The van der Waals surface area contributed by atoms with Gasteiger partial charge in [0, 0.05) is 60.4 Å². The van der Waals surface area contributed by atoms with E-state index < -0.39 is 0 Å². The fourth-order valence-electron chi connectivity index (χ4n) is 4.52. The van der Waals surface area contributed by atoms with Gasteiger partial charge in [-0.15, -0.1) is 0 Å². The molecule has 2 aromatic carbocycles. The molecule has 0 spiro atoms. The minimum atomic E-state index is -0.0808. The van der Waals surface area contributed by atoms with Crippen LogP contribution >= 0.6 is 11.6 Å². The van der Waals surface area contributed by atoms with E-state index in [1.807, 2.05) is 35.2 Å². The van der Waals surface area contributed by atoms with Crippen LogP contribution in [0.2, 0.25) is 5.02 Å². The van der Waals surface area contributed by atoms with Crippen molar-refractivity contribution in [1.82, 2.24) is 9.88 Å². The van der Waals surface area contributed by atoms with Crippen molar-refractivity contribution < 1.29 is 4.79 Å². The monoisotopic (exact) mass is 408 g/mol. The summed E-state index contributed by atoms with van der Waals surface area (Å²) in [6, 6.07) is 14.0. The maximum absolute atomic E-state index is 12.9. The Labute approximate surface area is 175 Å². The molecular formula is C23H25ClN4O. The summed E-state index contributed by atoms with van der Waals surface area (Å²) in [6.45, 7) is 3.41. The number of amides is 2. The van der Waals surface area contributed by atoms with E-state index in [2.05, 4.69) is 27.3 Å². The van der Waals surface area contributed by atoms with E-state index in [-0.39, 0.29) is 6.03 Å². The largest absolute Gasteiger partial charge is 0.370 e. The summed E-state index contributed by atoms with van der Waals surface area (Å²) in [4.78, 5) is 20.6. The van der Waals surface area contributed by atoms with Crippen LogP contribution < -0.4 is 10.2 Å². The first-order chi connectivity index (χ1) is 14.2. The standard InChI is InChI=1S/C23H25ClN4O/c24-19-14-16(8-9-22(19)27-11-4-1-5-12-27)25-23(29)28-13-10-21-18(15-28)17-6-2-3-7-20(17)26-21/h2-3,6-9,14,26H,1,4-5,10-13,15H2,(H,25,29). The second-order valence-corrected chi connectivity index (χ2v) is 8.35. The van der Waals surface area contributed by atoms with Crippen LogP contribution in [0.1, 0.15) is 30.5 Å². The lowest BCUT2D eigenvalue weighted by Gasteiger charge is -2.30. The third kappa shape index (κ3) is 3.55. The number of halogens is 1. The van der Waals surface area contributed by atoms with Gasteiger partial charge in [0.05, 0.1) is 10.7 Å². The number of hydrogen-bond donors (Lipinski definition) is 2. The van der Waals surface area contributed by atoms with Crippen LogP contribution in [0.3, 0.4) is 0 Å². The van der Waals surface area contributed by atoms with Gasteiger partial charge in [-0.25, -0.2) is 4.79 Å². The molecule has 0 bridgehead atoms. The minimum absolute atomic E-state index is 0.0808. The maximum Gasteiger partial charge on any atom is 0.322 e. The lowest BCUT2D eigenvalue weighted by atomic mass is 10.0. The number of rotatable bonds is 2. The number of urea groups is 1. The second kappa shape index (κ2) is 7.64. The highest BCUT2D eigenvalue weighted by Gasteiger charge is 2.24. The van der Waals surface area contributed by atoms with Crippen LogP contribution in [0.5, 0.6) is 0 Å². The van der Waals surface area contributed by atoms with Gasteiger partial charge in [0.15, 0.2) is 0 Å². The van der Waals surface area contributed by atoms with E-state index >= 15 is 0 Å². The maximum atomic E-state index is 12.9.